The van der Waals surface area contributed by atoms with Crippen LogP contribution in [-0.2, 0) is 14.2 Å². The second-order valence-corrected chi connectivity index (χ2v) is 5.91. The SMILES string of the molecule is CC(C)OC[C@H]1O[C@@H](C(C)C)[C@@H](O)C1OC(C)C. The molecule has 0 amide bonds. The van der Waals surface area contributed by atoms with E-state index in [2.05, 4.69) is 0 Å². The fourth-order valence-electron chi connectivity index (χ4n) is 2.22. The van der Waals surface area contributed by atoms with Crippen LogP contribution in [0.3, 0.4) is 0 Å². The van der Waals surface area contributed by atoms with Gasteiger partial charge < -0.3 is 19.3 Å². The maximum absolute atomic E-state index is 10.3. The fourth-order valence-corrected chi connectivity index (χ4v) is 2.22. The van der Waals surface area contributed by atoms with Gasteiger partial charge in [-0.25, -0.2) is 0 Å². The quantitative estimate of drug-likeness (QED) is 0.793. The van der Waals surface area contributed by atoms with Crippen LogP contribution in [0.2, 0.25) is 0 Å². The standard InChI is InChI=1S/C14H28O4/c1-8(2)13-12(15)14(17-10(5)6)11(18-13)7-16-9(3)4/h8-15H,7H2,1-6H3/t11-,12-,13+,14?/m1/s1. The number of aliphatic hydroxyl groups is 1. The zero-order valence-electron chi connectivity index (χ0n) is 12.4. The van der Waals surface area contributed by atoms with Crippen LogP contribution in [0.25, 0.3) is 0 Å². The minimum absolute atomic E-state index is 0.0701. The molecule has 0 aromatic rings. The van der Waals surface area contributed by atoms with Crippen molar-refractivity contribution in [1.82, 2.24) is 0 Å². The second kappa shape index (κ2) is 6.85. The van der Waals surface area contributed by atoms with Crippen LogP contribution < -0.4 is 0 Å². The summed E-state index contributed by atoms with van der Waals surface area (Å²) in [6.07, 6.45) is -1.000. The summed E-state index contributed by atoms with van der Waals surface area (Å²) >= 11 is 0. The van der Waals surface area contributed by atoms with E-state index < -0.39 is 6.10 Å². The predicted octanol–water partition coefficient (Wildman–Crippen LogP) is 1.99. The Morgan fingerprint density at radius 2 is 1.67 bits per heavy atom. The highest BCUT2D eigenvalue weighted by atomic mass is 16.6. The van der Waals surface area contributed by atoms with Crippen molar-refractivity contribution in [2.75, 3.05) is 6.61 Å². The molecule has 4 nitrogen and oxygen atoms in total. The predicted molar refractivity (Wildman–Crippen MR) is 70.6 cm³/mol. The lowest BCUT2D eigenvalue weighted by Crippen LogP contribution is -2.40. The van der Waals surface area contributed by atoms with Gasteiger partial charge in [-0.1, -0.05) is 13.8 Å². The van der Waals surface area contributed by atoms with E-state index in [1.807, 2.05) is 41.5 Å². The summed E-state index contributed by atoms with van der Waals surface area (Å²) < 4.78 is 17.3. The smallest absolute Gasteiger partial charge is 0.115 e. The molecular formula is C14H28O4. The molecule has 0 aromatic heterocycles. The summed E-state index contributed by atoms with van der Waals surface area (Å²) in [5, 5.41) is 10.3. The van der Waals surface area contributed by atoms with Gasteiger partial charge in [0.15, 0.2) is 0 Å². The molecule has 1 rings (SSSR count). The normalized spacial score (nSPS) is 33.0. The maximum Gasteiger partial charge on any atom is 0.115 e. The first-order valence-electron chi connectivity index (χ1n) is 6.93. The average Bonchev–Trinajstić information content (AvgIpc) is 2.53. The van der Waals surface area contributed by atoms with Crippen molar-refractivity contribution in [1.29, 1.82) is 0 Å². The first kappa shape index (κ1) is 15.9. The Kier molecular flexibility index (Phi) is 6.05. The maximum atomic E-state index is 10.3. The molecule has 0 radical (unpaired) electrons. The molecule has 0 spiro atoms. The summed E-state index contributed by atoms with van der Waals surface area (Å²) in [7, 11) is 0. The Hall–Kier alpha value is -0.160. The van der Waals surface area contributed by atoms with Gasteiger partial charge in [-0.15, -0.1) is 0 Å². The summed E-state index contributed by atoms with van der Waals surface area (Å²) in [4.78, 5) is 0. The van der Waals surface area contributed by atoms with Crippen molar-refractivity contribution in [3.05, 3.63) is 0 Å². The molecular weight excluding hydrogens is 232 g/mol. The van der Waals surface area contributed by atoms with Gasteiger partial charge in [0.1, 0.15) is 18.3 Å². The monoisotopic (exact) mass is 260 g/mol. The van der Waals surface area contributed by atoms with E-state index in [9.17, 15) is 5.11 Å². The fraction of sp³-hybridized carbons (Fsp3) is 1.00. The van der Waals surface area contributed by atoms with Crippen LogP contribution in [0, 0.1) is 5.92 Å². The molecule has 4 heteroatoms. The molecule has 1 fully saturated rings. The summed E-state index contributed by atoms with van der Waals surface area (Å²) in [6.45, 7) is 12.5. The van der Waals surface area contributed by atoms with Crippen LogP contribution in [0.5, 0.6) is 0 Å². The van der Waals surface area contributed by atoms with Crippen molar-refractivity contribution in [2.45, 2.75) is 78.2 Å². The van der Waals surface area contributed by atoms with E-state index in [-0.39, 0.29) is 36.4 Å². The molecule has 18 heavy (non-hydrogen) atoms. The second-order valence-electron chi connectivity index (χ2n) is 5.91. The van der Waals surface area contributed by atoms with Crippen LogP contribution in [-0.4, -0.2) is 48.3 Å². The van der Waals surface area contributed by atoms with Crippen molar-refractivity contribution in [2.24, 2.45) is 5.92 Å². The molecule has 1 aliphatic heterocycles. The molecule has 0 aromatic carbocycles. The molecule has 4 atom stereocenters. The lowest BCUT2D eigenvalue weighted by atomic mass is 9.99. The molecule has 0 saturated carbocycles. The zero-order valence-corrected chi connectivity index (χ0v) is 12.4. The number of hydrogen-bond donors (Lipinski definition) is 1. The summed E-state index contributed by atoms with van der Waals surface area (Å²) in [6, 6.07) is 0. The van der Waals surface area contributed by atoms with Gasteiger partial charge in [0, 0.05) is 0 Å². The van der Waals surface area contributed by atoms with E-state index in [0.29, 0.717) is 6.61 Å². The van der Waals surface area contributed by atoms with Crippen LogP contribution >= 0.6 is 0 Å². The molecule has 108 valence electrons. The highest BCUT2D eigenvalue weighted by molar-refractivity contribution is 4.93. The lowest BCUT2D eigenvalue weighted by molar-refractivity contribution is -0.0955. The zero-order chi connectivity index (χ0) is 13.9. The number of aliphatic hydroxyl groups excluding tert-OH is 1. The third-order valence-corrected chi connectivity index (χ3v) is 3.05. The third kappa shape index (κ3) is 4.19. The van der Waals surface area contributed by atoms with Crippen molar-refractivity contribution in [3.63, 3.8) is 0 Å². The van der Waals surface area contributed by atoms with Crippen molar-refractivity contribution >= 4 is 0 Å². The lowest BCUT2D eigenvalue weighted by Gasteiger charge is -2.24. The van der Waals surface area contributed by atoms with E-state index in [1.54, 1.807) is 0 Å². The van der Waals surface area contributed by atoms with Gasteiger partial charge in [0.2, 0.25) is 0 Å². The molecule has 0 aliphatic carbocycles. The van der Waals surface area contributed by atoms with Gasteiger partial charge in [-0.2, -0.15) is 0 Å². The molecule has 1 aliphatic rings. The van der Waals surface area contributed by atoms with Gasteiger partial charge in [-0.05, 0) is 33.6 Å². The first-order valence-corrected chi connectivity index (χ1v) is 6.93. The Bertz CT molecular complexity index is 240. The van der Waals surface area contributed by atoms with Gasteiger partial charge in [0.05, 0.1) is 24.9 Å². The molecule has 0 bridgehead atoms. The van der Waals surface area contributed by atoms with Crippen LogP contribution in [0.4, 0.5) is 0 Å². The van der Waals surface area contributed by atoms with Crippen LogP contribution in [0.15, 0.2) is 0 Å². The van der Waals surface area contributed by atoms with E-state index in [4.69, 9.17) is 14.2 Å². The average molecular weight is 260 g/mol. The summed E-state index contributed by atoms with van der Waals surface area (Å²) in [5.41, 5.74) is 0. The highest BCUT2D eigenvalue weighted by Gasteiger charge is 2.46. The third-order valence-electron chi connectivity index (χ3n) is 3.05. The summed E-state index contributed by atoms with van der Waals surface area (Å²) in [5.74, 6) is 0.266. The number of rotatable bonds is 6. The van der Waals surface area contributed by atoms with Gasteiger partial charge in [-0.3, -0.25) is 0 Å². The molecule has 1 heterocycles. The molecule has 1 saturated heterocycles. The topological polar surface area (TPSA) is 47.9 Å². The minimum atomic E-state index is -0.576. The Labute approximate surface area is 111 Å². The molecule has 1 N–H and O–H groups in total. The van der Waals surface area contributed by atoms with Crippen LogP contribution in [0.1, 0.15) is 41.5 Å². The number of hydrogen-bond acceptors (Lipinski definition) is 4. The molecule has 1 unspecified atom stereocenters. The van der Waals surface area contributed by atoms with E-state index in [1.165, 1.54) is 0 Å². The Morgan fingerprint density at radius 3 is 2.11 bits per heavy atom. The Balaban J connectivity index is 2.66. The van der Waals surface area contributed by atoms with Crippen molar-refractivity contribution in [3.8, 4) is 0 Å². The first-order chi connectivity index (χ1) is 8.32. The minimum Gasteiger partial charge on any atom is -0.388 e. The highest BCUT2D eigenvalue weighted by Crippen LogP contribution is 2.29. The van der Waals surface area contributed by atoms with E-state index >= 15 is 0 Å². The number of ether oxygens (including phenoxy) is 3. The van der Waals surface area contributed by atoms with Gasteiger partial charge >= 0.3 is 0 Å². The van der Waals surface area contributed by atoms with Crippen molar-refractivity contribution < 1.29 is 19.3 Å². The Morgan fingerprint density at radius 1 is 1.06 bits per heavy atom. The van der Waals surface area contributed by atoms with E-state index in [0.717, 1.165) is 0 Å². The van der Waals surface area contributed by atoms with Gasteiger partial charge in [0.25, 0.3) is 0 Å². The largest absolute Gasteiger partial charge is 0.388 e.